The van der Waals surface area contributed by atoms with Crippen LogP contribution in [0.3, 0.4) is 0 Å². The zero-order chi connectivity index (χ0) is 20.7. The molecule has 0 unspecified atom stereocenters. The van der Waals surface area contributed by atoms with Gasteiger partial charge in [-0.15, -0.1) is 0 Å². The number of nitrogens with one attached hydrogen (secondary N) is 2. The second kappa shape index (κ2) is 9.32. The molecule has 0 saturated carbocycles. The third-order valence-electron chi connectivity index (χ3n) is 3.23. The third-order valence-corrected chi connectivity index (χ3v) is 3.99. The molecule has 0 radical (unpaired) electrons. The molecular formula is C16H14N4O7S. The number of esters is 1. The number of ether oxygens (including phenoxy) is 1. The maximum absolute atomic E-state index is 12.1. The SMILES string of the molecule is CCOC(=O)c1ccccc1NC(=O)NSc1cc([N+](=O)[O-])cc([N+](=O)[O-])c1. The summed E-state index contributed by atoms with van der Waals surface area (Å²) >= 11 is 0.648. The van der Waals surface area contributed by atoms with Crippen LogP contribution in [0.15, 0.2) is 47.4 Å². The first-order valence-electron chi connectivity index (χ1n) is 7.75. The Labute approximate surface area is 162 Å². The Morgan fingerprint density at radius 1 is 1.07 bits per heavy atom. The van der Waals surface area contributed by atoms with Crippen molar-refractivity contribution in [3.63, 3.8) is 0 Å². The minimum Gasteiger partial charge on any atom is -0.462 e. The van der Waals surface area contributed by atoms with Gasteiger partial charge in [-0.05, 0) is 31.0 Å². The Bertz CT molecular complexity index is 903. The van der Waals surface area contributed by atoms with Crippen LogP contribution < -0.4 is 10.0 Å². The van der Waals surface area contributed by atoms with Gasteiger partial charge >= 0.3 is 12.0 Å². The van der Waals surface area contributed by atoms with Crippen LogP contribution in [-0.4, -0.2) is 28.5 Å². The molecule has 0 saturated heterocycles. The highest BCUT2D eigenvalue weighted by Gasteiger charge is 2.18. The lowest BCUT2D eigenvalue weighted by Gasteiger charge is -2.10. The first kappa shape index (κ1) is 20.6. The van der Waals surface area contributed by atoms with Crippen LogP contribution in [-0.2, 0) is 4.74 Å². The lowest BCUT2D eigenvalue weighted by molar-refractivity contribution is -0.394. The van der Waals surface area contributed by atoms with Gasteiger partial charge in [0.2, 0.25) is 0 Å². The number of benzene rings is 2. The van der Waals surface area contributed by atoms with Crippen molar-refractivity contribution in [1.82, 2.24) is 4.72 Å². The number of hydrogen-bond donors (Lipinski definition) is 2. The van der Waals surface area contributed by atoms with Gasteiger partial charge in [-0.25, -0.2) is 9.59 Å². The number of nitrogens with zero attached hydrogens (tertiary/aromatic N) is 2. The minimum absolute atomic E-state index is 0.0923. The van der Waals surface area contributed by atoms with Crippen LogP contribution in [0.25, 0.3) is 0 Å². The van der Waals surface area contributed by atoms with E-state index in [0.29, 0.717) is 11.9 Å². The normalized spacial score (nSPS) is 10.0. The van der Waals surface area contributed by atoms with E-state index in [1.165, 1.54) is 12.1 Å². The molecule has 2 N–H and O–H groups in total. The zero-order valence-corrected chi connectivity index (χ0v) is 15.2. The fourth-order valence-electron chi connectivity index (χ4n) is 2.07. The lowest BCUT2D eigenvalue weighted by atomic mass is 10.2. The van der Waals surface area contributed by atoms with E-state index in [1.54, 1.807) is 19.1 Å². The quantitative estimate of drug-likeness (QED) is 0.306. The molecule has 11 nitrogen and oxygen atoms in total. The number of urea groups is 1. The van der Waals surface area contributed by atoms with E-state index in [1.807, 2.05) is 0 Å². The van der Waals surface area contributed by atoms with Gasteiger partial charge in [0, 0.05) is 17.0 Å². The molecule has 0 aliphatic carbocycles. The highest BCUT2D eigenvalue weighted by atomic mass is 32.2. The van der Waals surface area contributed by atoms with Crippen LogP contribution in [0.5, 0.6) is 0 Å². The van der Waals surface area contributed by atoms with E-state index in [0.717, 1.165) is 18.2 Å². The number of hydrogen-bond acceptors (Lipinski definition) is 8. The molecule has 12 heteroatoms. The molecule has 0 aliphatic rings. The second-order valence-electron chi connectivity index (χ2n) is 5.12. The fraction of sp³-hybridized carbons (Fsp3) is 0.125. The Hall–Kier alpha value is -3.67. The Balaban J connectivity index is 2.10. The van der Waals surface area contributed by atoms with Crippen molar-refractivity contribution >= 4 is 41.0 Å². The number of carbonyl (C=O) groups is 2. The molecule has 0 fully saturated rings. The van der Waals surface area contributed by atoms with Crippen LogP contribution >= 0.6 is 11.9 Å². The van der Waals surface area contributed by atoms with Crippen LogP contribution in [0.2, 0.25) is 0 Å². The molecule has 2 amide bonds. The maximum Gasteiger partial charge on any atom is 0.340 e. The summed E-state index contributed by atoms with van der Waals surface area (Å²) < 4.78 is 7.25. The van der Waals surface area contributed by atoms with E-state index in [-0.39, 0.29) is 22.8 Å². The molecule has 0 aromatic heterocycles. The summed E-state index contributed by atoms with van der Waals surface area (Å²) in [7, 11) is 0. The minimum atomic E-state index is -0.771. The number of anilines is 1. The second-order valence-corrected chi connectivity index (χ2v) is 6.00. The first-order chi connectivity index (χ1) is 13.3. The predicted octanol–water partition coefficient (Wildman–Crippen LogP) is 3.51. The summed E-state index contributed by atoms with van der Waals surface area (Å²) in [6.45, 7) is 1.82. The van der Waals surface area contributed by atoms with Crippen molar-refractivity contribution < 1.29 is 24.2 Å². The highest BCUT2D eigenvalue weighted by molar-refractivity contribution is 7.98. The zero-order valence-electron chi connectivity index (χ0n) is 14.4. The van der Waals surface area contributed by atoms with E-state index < -0.39 is 33.2 Å². The molecular weight excluding hydrogens is 392 g/mol. The van der Waals surface area contributed by atoms with Crippen molar-refractivity contribution in [3.8, 4) is 0 Å². The average molecular weight is 406 g/mol. The molecule has 2 aromatic rings. The average Bonchev–Trinajstić information content (AvgIpc) is 2.66. The lowest BCUT2D eigenvalue weighted by Crippen LogP contribution is -2.24. The smallest absolute Gasteiger partial charge is 0.340 e. The molecule has 2 aromatic carbocycles. The number of non-ortho nitro benzene ring substituents is 2. The van der Waals surface area contributed by atoms with Gasteiger partial charge in [-0.3, -0.25) is 25.0 Å². The van der Waals surface area contributed by atoms with Crippen molar-refractivity contribution in [2.45, 2.75) is 11.8 Å². The topological polar surface area (TPSA) is 154 Å². The summed E-state index contributed by atoms with van der Waals surface area (Å²) in [5.41, 5.74) is -0.613. The molecule has 2 rings (SSSR count). The van der Waals surface area contributed by atoms with Crippen LogP contribution in [0.4, 0.5) is 21.9 Å². The molecule has 0 heterocycles. The third kappa shape index (κ3) is 5.41. The van der Waals surface area contributed by atoms with Gasteiger partial charge in [-0.2, -0.15) is 0 Å². The molecule has 0 bridgehead atoms. The van der Waals surface area contributed by atoms with Gasteiger partial charge in [0.15, 0.2) is 0 Å². The number of nitro benzene ring substituents is 2. The van der Waals surface area contributed by atoms with Gasteiger partial charge in [0.05, 0.1) is 33.8 Å². The monoisotopic (exact) mass is 406 g/mol. The number of amides is 2. The van der Waals surface area contributed by atoms with Gasteiger partial charge in [-0.1, -0.05) is 12.1 Å². The number of carbonyl (C=O) groups excluding carboxylic acids is 2. The van der Waals surface area contributed by atoms with Gasteiger partial charge in [0.25, 0.3) is 11.4 Å². The largest absolute Gasteiger partial charge is 0.462 e. The van der Waals surface area contributed by atoms with E-state index >= 15 is 0 Å². The van der Waals surface area contributed by atoms with Crippen molar-refractivity contribution in [2.24, 2.45) is 0 Å². The Morgan fingerprint density at radius 2 is 1.68 bits per heavy atom. The van der Waals surface area contributed by atoms with Crippen LogP contribution in [0.1, 0.15) is 17.3 Å². The first-order valence-corrected chi connectivity index (χ1v) is 8.57. The summed E-state index contributed by atoms with van der Waals surface area (Å²) in [6.07, 6.45) is 0. The fourth-order valence-corrected chi connectivity index (χ4v) is 2.69. The number of nitro groups is 2. The van der Waals surface area contributed by atoms with Gasteiger partial charge in [0.1, 0.15) is 0 Å². The molecule has 0 aliphatic heterocycles. The van der Waals surface area contributed by atoms with E-state index in [2.05, 4.69) is 10.0 Å². The maximum atomic E-state index is 12.1. The Morgan fingerprint density at radius 3 is 2.25 bits per heavy atom. The highest BCUT2D eigenvalue weighted by Crippen LogP contribution is 2.28. The van der Waals surface area contributed by atoms with E-state index in [9.17, 15) is 29.8 Å². The molecule has 0 spiro atoms. The number of para-hydroxylation sites is 1. The predicted molar refractivity (Wildman–Crippen MR) is 100 cm³/mol. The molecule has 28 heavy (non-hydrogen) atoms. The van der Waals surface area contributed by atoms with Crippen molar-refractivity contribution in [2.75, 3.05) is 11.9 Å². The van der Waals surface area contributed by atoms with Gasteiger partial charge < -0.3 is 10.1 Å². The van der Waals surface area contributed by atoms with Crippen molar-refractivity contribution in [1.29, 1.82) is 0 Å². The molecule has 0 atom stereocenters. The summed E-state index contributed by atoms with van der Waals surface area (Å²) in [5, 5.41) is 24.2. The molecule has 146 valence electrons. The summed E-state index contributed by atoms with van der Waals surface area (Å²) in [4.78, 5) is 44.3. The van der Waals surface area contributed by atoms with Crippen LogP contribution in [0, 0.1) is 20.2 Å². The Kier molecular flexibility index (Phi) is 6.87. The standard InChI is InChI=1S/C16H14N4O7S/c1-2-27-15(21)13-5-3-4-6-14(13)17-16(22)18-28-12-8-10(19(23)24)7-11(9-12)20(25)26/h3-9H,2H2,1H3,(H2,17,18,22). The summed E-state index contributed by atoms with van der Waals surface area (Å²) in [6, 6.07) is 8.44. The summed E-state index contributed by atoms with van der Waals surface area (Å²) in [5.74, 6) is -0.611. The van der Waals surface area contributed by atoms with E-state index in [4.69, 9.17) is 4.74 Å². The van der Waals surface area contributed by atoms with Crippen molar-refractivity contribution in [3.05, 3.63) is 68.3 Å². The number of rotatable bonds is 7.